The Morgan fingerprint density at radius 2 is 2.28 bits per heavy atom. The fraction of sp³-hybridized carbons (Fsp3) is 0.400. The van der Waals surface area contributed by atoms with Crippen LogP contribution in [0.15, 0.2) is 29.6 Å². The second kappa shape index (κ2) is 4.82. The van der Waals surface area contributed by atoms with E-state index in [2.05, 4.69) is 53.8 Å². The molecule has 2 unspecified atom stereocenters. The lowest BCUT2D eigenvalue weighted by molar-refractivity contribution is 0.488. The summed E-state index contributed by atoms with van der Waals surface area (Å²) in [6, 6.07) is 9.11. The molecule has 94 valence electrons. The van der Waals surface area contributed by atoms with Crippen molar-refractivity contribution < 1.29 is 0 Å². The van der Waals surface area contributed by atoms with Gasteiger partial charge in [-0.25, -0.2) is 4.98 Å². The van der Waals surface area contributed by atoms with Crippen molar-refractivity contribution in [2.24, 2.45) is 0 Å². The minimum Gasteiger partial charge on any atom is -0.308 e. The van der Waals surface area contributed by atoms with Gasteiger partial charge in [-0.15, -0.1) is 11.3 Å². The SMILES string of the molecule is Cc1csc(C(C)NCC2Cc3ccccc32)n1. The van der Waals surface area contributed by atoms with Crippen molar-refractivity contribution in [3.63, 3.8) is 0 Å². The molecule has 1 aliphatic carbocycles. The van der Waals surface area contributed by atoms with Crippen LogP contribution < -0.4 is 5.32 Å². The Bertz CT molecular complexity index is 547. The number of fused-ring (bicyclic) bond motifs is 1. The molecule has 0 saturated heterocycles. The van der Waals surface area contributed by atoms with Crippen molar-refractivity contribution in [1.82, 2.24) is 10.3 Å². The van der Waals surface area contributed by atoms with E-state index >= 15 is 0 Å². The number of hydrogen-bond donors (Lipinski definition) is 1. The number of aryl methyl sites for hydroxylation is 1. The zero-order valence-electron chi connectivity index (χ0n) is 10.8. The van der Waals surface area contributed by atoms with E-state index in [-0.39, 0.29) is 0 Å². The Kier molecular flexibility index (Phi) is 3.18. The highest BCUT2D eigenvalue weighted by atomic mass is 32.1. The lowest BCUT2D eigenvalue weighted by Gasteiger charge is -2.31. The smallest absolute Gasteiger partial charge is 0.110 e. The summed E-state index contributed by atoms with van der Waals surface area (Å²) in [5.41, 5.74) is 4.16. The highest BCUT2D eigenvalue weighted by Crippen LogP contribution is 2.34. The van der Waals surface area contributed by atoms with E-state index in [4.69, 9.17) is 0 Å². The molecule has 1 aromatic carbocycles. The molecule has 0 amide bonds. The molecule has 1 heterocycles. The Labute approximate surface area is 112 Å². The van der Waals surface area contributed by atoms with Crippen molar-refractivity contribution in [1.29, 1.82) is 0 Å². The summed E-state index contributed by atoms with van der Waals surface area (Å²) in [5, 5.41) is 6.91. The van der Waals surface area contributed by atoms with E-state index in [1.54, 1.807) is 11.3 Å². The van der Waals surface area contributed by atoms with Crippen LogP contribution in [0.25, 0.3) is 0 Å². The van der Waals surface area contributed by atoms with Gasteiger partial charge in [-0.3, -0.25) is 0 Å². The number of nitrogens with zero attached hydrogens (tertiary/aromatic N) is 1. The second-order valence-electron chi connectivity index (χ2n) is 5.06. The molecule has 1 N–H and O–H groups in total. The summed E-state index contributed by atoms with van der Waals surface area (Å²) in [6.07, 6.45) is 1.22. The maximum absolute atomic E-state index is 4.53. The molecule has 0 radical (unpaired) electrons. The molecule has 2 atom stereocenters. The van der Waals surface area contributed by atoms with E-state index < -0.39 is 0 Å². The zero-order chi connectivity index (χ0) is 12.5. The van der Waals surface area contributed by atoms with Gasteiger partial charge >= 0.3 is 0 Å². The van der Waals surface area contributed by atoms with Crippen LogP contribution >= 0.6 is 11.3 Å². The average Bonchev–Trinajstić information content (AvgIpc) is 2.77. The molecule has 0 saturated carbocycles. The number of aromatic nitrogens is 1. The van der Waals surface area contributed by atoms with Crippen molar-refractivity contribution >= 4 is 11.3 Å². The third-order valence-corrected chi connectivity index (χ3v) is 4.78. The fourth-order valence-corrected chi connectivity index (χ4v) is 3.35. The predicted molar refractivity (Wildman–Crippen MR) is 76.2 cm³/mol. The van der Waals surface area contributed by atoms with E-state index in [9.17, 15) is 0 Å². The van der Waals surface area contributed by atoms with Gasteiger partial charge in [0.15, 0.2) is 0 Å². The summed E-state index contributed by atoms with van der Waals surface area (Å²) < 4.78 is 0. The lowest BCUT2D eigenvalue weighted by Crippen LogP contribution is -2.30. The maximum Gasteiger partial charge on any atom is 0.110 e. The van der Waals surface area contributed by atoms with Crippen molar-refractivity contribution in [3.8, 4) is 0 Å². The first kappa shape index (κ1) is 11.9. The van der Waals surface area contributed by atoms with Crippen LogP contribution in [-0.4, -0.2) is 11.5 Å². The second-order valence-corrected chi connectivity index (χ2v) is 5.95. The molecule has 3 heteroatoms. The van der Waals surface area contributed by atoms with Crippen molar-refractivity contribution in [2.75, 3.05) is 6.54 Å². The topological polar surface area (TPSA) is 24.9 Å². The molecule has 18 heavy (non-hydrogen) atoms. The van der Waals surface area contributed by atoms with Gasteiger partial charge in [0, 0.05) is 23.5 Å². The molecule has 3 rings (SSSR count). The fourth-order valence-electron chi connectivity index (χ4n) is 2.52. The first-order valence-electron chi connectivity index (χ1n) is 6.47. The number of rotatable bonds is 4. The minimum atomic E-state index is 0.358. The van der Waals surface area contributed by atoms with Gasteiger partial charge in [0.05, 0.1) is 6.04 Å². The summed E-state index contributed by atoms with van der Waals surface area (Å²) in [6.45, 7) is 5.30. The molecule has 1 aliphatic rings. The van der Waals surface area contributed by atoms with Gasteiger partial charge in [-0.05, 0) is 31.4 Å². The van der Waals surface area contributed by atoms with Gasteiger partial charge in [0.25, 0.3) is 0 Å². The maximum atomic E-state index is 4.53. The first-order valence-corrected chi connectivity index (χ1v) is 7.35. The van der Waals surface area contributed by atoms with E-state index in [1.807, 2.05) is 0 Å². The zero-order valence-corrected chi connectivity index (χ0v) is 11.6. The van der Waals surface area contributed by atoms with Crippen LogP contribution in [0.4, 0.5) is 0 Å². The van der Waals surface area contributed by atoms with Crippen molar-refractivity contribution in [2.45, 2.75) is 32.2 Å². The molecular formula is C15H18N2S. The normalized spacial score (nSPS) is 19.1. The summed E-state index contributed by atoms with van der Waals surface area (Å²) in [4.78, 5) is 4.53. The molecule has 1 aromatic heterocycles. The van der Waals surface area contributed by atoms with Crippen LogP contribution in [0.2, 0.25) is 0 Å². The summed E-state index contributed by atoms with van der Waals surface area (Å²) in [7, 11) is 0. The number of hydrogen-bond acceptors (Lipinski definition) is 3. The van der Waals surface area contributed by atoms with Gasteiger partial charge < -0.3 is 5.32 Å². The van der Waals surface area contributed by atoms with Crippen LogP contribution in [0, 0.1) is 6.92 Å². The van der Waals surface area contributed by atoms with Crippen LogP contribution in [-0.2, 0) is 6.42 Å². The largest absolute Gasteiger partial charge is 0.308 e. The van der Waals surface area contributed by atoms with Gasteiger partial charge in [-0.2, -0.15) is 0 Å². The third-order valence-electron chi connectivity index (χ3n) is 3.64. The number of thiazole rings is 1. The number of nitrogens with one attached hydrogen (secondary N) is 1. The summed E-state index contributed by atoms with van der Waals surface area (Å²) in [5.74, 6) is 0.685. The number of benzene rings is 1. The Morgan fingerprint density at radius 3 is 3.00 bits per heavy atom. The standard InChI is InChI=1S/C15H18N2S/c1-10-9-18-15(17-10)11(2)16-8-13-7-12-5-3-4-6-14(12)13/h3-6,9,11,13,16H,7-8H2,1-2H3. The Hall–Kier alpha value is -1.19. The first-order chi connectivity index (χ1) is 8.74. The molecule has 2 aromatic rings. The average molecular weight is 258 g/mol. The Balaban J connectivity index is 1.57. The molecule has 0 fully saturated rings. The Morgan fingerprint density at radius 1 is 1.44 bits per heavy atom. The van der Waals surface area contributed by atoms with E-state index in [1.165, 1.54) is 22.6 Å². The van der Waals surface area contributed by atoms with Crippen LogP contribution in [0.5, 0.6) is 0 Å². The van der Waals surface area contributed by atoms with Gasteiger partial charge in [0.1, 0.15) is 5.01 Å². The summed E-state index contributed by atoms with van der Waals surface area (Å²) >= 11 is 1.75. The van der Waals surface area contributed by atoms with Crippen LogP contribution in [0.1, 0.15) is 40.7 Å². The highest BCUT2D eigenvalue weighted by molar-refractivity contribution is 7.09. The molecular weight excluding hydrogens is 240 g/mol. The van der Waals surface area contributed by atoms with Crippen LogP contribution in [0.3, 0.4) is 0 Å². The van der Waals surface area contributed by atoms with E-state index in [0.717, 1.165) is 12.2 Å². The molecule has 0 spiro atoms. The quantitative estimate of drug-likeness (QED) is 0.908. The monoisotopic (exact) mass is 258 g/mol. The molecule has 0 bridgehead atoms. The highest BCUT2D eigenvalue weighted by Gasteiger charge is 2.25. The van der Waals surface area contributed by atoms with Gasteiger partial charge in [-0.1, -0.05) is 24.3 Å². The molecule has 2 nitrogen and oxygen atoms in total. The molecule has 0 aliphatic heterocycles. The van der Waals surface area contributed by atoms with Crippen molar-refractivity contribution in [3.05, 3.63) is 51.5 Å². The third kappa shape index (κ3) is 2.20. The lowest BCUT2D eigenvalue weighted by atomic mass is 9.77. The van der Waals surface area contributed by atoms with Gasteiger partial charge in [0.2, 0.25) is 0 Å². The predicted octanol–water partition coefficient (Wildman–Crippen LogP) is 3.44. The minimum absolute atomic E-state index is 0.358. The van der Waals surface area contributed by atoms with E-state index in [0.29, 0.717) is 12.0 Å².